The fourth-order valence-electron chi connectivity index (χ4n) is 3.09. The minimum absolute atomic E-state index is 0.0975. The van der Waals surface area contributed by atoms with Gasteiger partial charge in [0.05, 0.1) is 26.7 Å². The molecule has 0 saturated heterocycles. The van der Waals surface area contributed by atoms with Gasteiger partial charge in [-0.15, -0.1) is 0 Å². The molecule has 198 valence electrons. The van der Waals surface area contributed by atoms with Crippen LogP contribution in [0.15, 0.2) is 72.8 Å². The SMILES string of the molecule is O=C(O[C@H](C(=O)Nc1cccc(C(F)(F)F)c1)[C@@H](OC(=O)c1ccccc1Cl)C(=O)O)c1ccccc1Cl. The van der Waals surface area contributed by atoms with Gasteiger partial charge in [-0.05, 0) is 42.5 Å². The van der Waals surface area contributed by atoms with Gasteiger partial charge in [0, 0.05) is 5.69 Å². The van der Waals surface area contributed by atoms with E-state index in [4.69, 9.17) is 32.7 Å². The molecule has 2 atom stereocenters. The van der Waals surface area contributed by atoms with E-state index >= 15 is 0 Å². The van der Waals surface area contributed by atoms with Crippen molar-refractivity contribution in [2.75, 3.05) is 5.32 Å². The van der Waals surface area contributed by atoms with Crippen LogP contribution in [-0.4, -0.2) is 41.1 Å². The highest BCUT2D eigenvalue weighted by Crippen LogP contribution is 2.31. The van der Waals surface area contributed by atoms with E-state index in [1.807, 2.05) is 0 Å². The van der Waals surface area contributed by atoms with E-state index in [1.54, 1.807) is 0 Å². The number of halogens is 5. The summed E-state index contributed by atoms with van der Waals surface area (Å²) >= 11 is 11.9. The third kappa shape index (κ3) is 7.02. The number of aliphatic carboxylic acids is 1. The van der Waals surface area contributed by atoms with Crippen molar-refractivity contribution in [1.82, 2.24) is 0 Å². The molecule has 0 aromatic heterocycles. The maximum atomic E-state index is 13.1. The predicted octanol–water partition coefficient (Wildman–Crippen LogP) is 5.49. The van der Waals surface area contributed by atoms with Crippen molar-refractivity contribution in [2.45, 2.75) is 18.4 Å². The molecule has 0 heterocycles. The lowest BCUT2D eigenvalue weighted by Gasteiger charge is -2.24. The fourth-order valence-corrected chi connectivity index (χ4v) is 3.52. The Morgan fingerprint density at radius 1 is 0.763 bits per heavy atom. The van der Waals surface area contributed by atoms with Crippen LogP contribution in [0.25, 0.3) is 0 Å². The average Bonchev–Trinajstić information content (AvgIpc) is 2.85. The molecule has 0 aliphatic heterocycles. The average molecular weight is 570 g/mol. The lowest BCUT2D eigenvalue weighted by atomic mass is 10.1. The van der Waals surface area contributed by atoms with Gasteiger partial charge in [-0.25, -0.2) is 14.4 Å². The molecule has 2 N–H and O–H groups in total. The maximum Gasteiger partial charge on any atom is 0.416 e. The topological polar surface area (TPSA) is 119 Å². The smallest absolute Gasteiger partial charge is 0.416 e. The number of nitrogens with one attached hydrogen (secondary N) is 1. The van der Waals surface area contributed by atoms with Crippen molar-refractivity contribution in [3.8, 4) is 0 Å². The summed E-state index contributed by atoms with van der Waals surface area (Å²) in [5.74, 6) is -5.83. The van der Waals surface area contributed by atoms with E-state index in [0.29, 0.717) is 6.07 Å². The Hall–Kier alpha value is -4.09. The lowest BCUT2D eigenvalue weighted by molar-refractivity contribution is -0.157. The standard InChI is InChI=1S/C25H16Cl2F3NO7/c26-17-10-3-1-8-15(17)23(35)37-19(21(32)31-14-7-5-6-13(12-14)25(28,29)30)20(22(33)34)38-24(36)16-9-2-4-11-18(16)27/h1-12,19-20H,(H,31,32)(H,33,34)/t19-,20+/m0/s1. The van der Waals surface area contributed by atoms with Crippen molar-refractivity contribution in [1.29, 1.82) is 0 Å². The van der Waals surface area contributed by atoms with Crippen LogP contribution in [-0.2, 0) is 25.2 Å². The summed E-state index contributed by atoms with van der Waals surface area (Å²) in [5, 5.41) is 11.6. The number of carboxylic acids is 1. The molecule has 1 amide bonds. The summed E-state index contributed by atoms with van der Waals surface area (Å²) in [6.07, 6.45) is -9.54. The Kier molecular flexibility index (Phi) is 8.97. The molecular formula is C25H16Cl2F3NO7. The van der Waals surface area contributed by atoms with Crippen molar-refractivity contribution in [2.24, 2.45) is 0 Å². The maximum absolute atomic E-state index is 13.1. The number of benzene rings is 3. The molecule has 13 heteroatoms. The molecule has 38 heavy (non-hydrogen) atoms. The van der Waals surface area contributed by atoms with Gasteiger partial charge in [-0.3, -0.25) is 4.79 Å². The van der Waals surface area contributed by atoms with Crippen LogP contribution >= 0.6 is 23.2 Å². The first kappa shape index (κ1) is 28.5. The summed E-state index contributed by atoms with van der Waals surface area (Å²) in [5.41, 5.74) is -2.02. The summed E-state index contributed by atoms with van der Waals surface area (Å²) < 4.78 is 49.3. The molecule has 0 radical (unpaired) electrons. The Bertz CT molecular complexity index is 1380. The van der Waals surface area contributed by atoms with Gasteiger partial charge in [-0.2, -0.15) is 13.2 Å². The van der Waals surface area contributed by atoms with Crippen LogP contribution in [0.4, 0.5) is 18.9 Å². The molecule has 3 rings (SSSR count). The zero-order valence-electron chi connectivity index (χ0n) is 18.9. The first-order valence-electron chi connectivity index (χ1n) is 10.5. The van der Waals surface area contributed by atoms with Crippen LogP contribution in [0.3, 0.4) is 0 Å². The first-order valence-corrected chi connectivity index (χ1v) is 11.3. The van der Waals surface area contributed by atoms with Gasteiger partial charge in [0.15, 0.2) is 0 Å². The number of alkyl halides is 3. The number of esters is 2. The molecular weight excluding hydrogens is 554 g/mol. The normalized spacial score (nSPS) is 12.7. The van der Waals surface area contributed by atoms with Gasteiger partial charge in [-0.1, -0.05) is 53.5 Å². The number of hydrogen-bond acceptors (Lipinski definition) is 6. The molecule has 0 aliphatic rings. The molecule has 0 fully saturated rings. The highest BCUT2D eigenvalue weighted by atomic mass is 35.5. The molecule has 0 bridgehead atoms. The van der Waals surface area contributed by atoms with Crippen molar-refractivity contribution >= 4 is 52.7 Å². The number of carboxylic acid groups (broad SMARTS) is 1. The van der Waals surface area contributed by atoms with E-state index in [1.165, 1.54) is 48.5 Å². The summed E-state index contributed by atoms with van der Waals surface area (Å²) in [4.78, 5) is 50.5. The van der Waals surface area contributed by atoms with Crippen LogP contribution in [0.5, 0.6) is 0 Å². The Labute approximate surface area is 222 Å². The number of rotatable bonds is 8. The summed E-state index contributed by atoms with van der Waals surface area (Å²) in [7, 11) is 0. The minimum Gasteiger partial charge on any atom is -0.478 e. The number of carbonyl (C=O) groups is 4. The second kappa shape index (κ2) is 12.0. The first-order chi connectivity index (χ1) is 17.9. The van der Waals surface area contributed by atoms with E-state index in [-0.39, 0.29) is 21.2 Å². The van der Waals surface area contributed by atoms with Crippen molar-refractivity contribution in [3.63, 3.8) is 0 Å². The third-order valence-electron chi connectivity index (χ3n) is 4.89. The van der Waals surface area contributed by atoms with E-state index in [0.717, 1.165) is 18.2 Å². The zero-order chi connectivity index (χ0) is 28.0. The lowest BCUT2D eigenvalue weighted by Crippen LogP contribution is -2.48. The number of amides is 1. The van der Waals surface area contributed by atoms with Gasteiger partial charge >= 0.3 is 24.1 Å². The second-order valence-corrected chi connectivity index (χ2v) is 8.33. The monoisotopic (exact) mass is 569 g/mol. The van der Waals surface area contributed by atoms with E-state index in [9.17, 15) is 37.5 Å². The highest BCUT2D eigenvalue weighted by molar-refractivity contribution is 6.34. The largest absolute Gasteiger partial charge is 0.478 e. The molecule has 0 unspecified atom stereocenters. The van der Waals surface area contributed by atoms with Gasteiger partial charge in [0.25, 0.3) is 5.91 Å². The molecule has 0 spiro atoms. The highest BCUT2D eigenvalue weighted by Gasteiger charge is 2.41. The van der Waals surface area contributed by atoms with Crippen LogP contribution in [0.1, 0.15) is 26.3 Å². The molecule has 0 saturated carbocycles. The predicted molar refractivity (Wildman–Crippen MR) is 129 cm³/mol. The number of anilines is 1. The Morgan fingerprint density at radius 3 is 1.74 bits per heavy atom. The van der Waals surface area contributed by atoms with E-state index in [2.05, 4.69) is 5.32 Å². The minimum atomic E-state index is -4.75. The van der Waals surface area contributed by atoms with Crippen LogP contribution < -0.4 is 5.32 Å². The molecule has 3 aromatic rings. The van der Waals surface area contributed by atoms with Gasteiger partial charge < -0.3 is 19.9 Å². The Balaban J connectivity index is 1.97. The number of carbonyl (C=O) groups excluding carboxylic acids is 3. The number of hydrogen-bond donors (Lipinski definition) is 2. The van der Waals surface area contributed by atoms with Crippen molar-refractivity contribution < 1.29 is 46.9 Å². The third-order valence-corrected chi connectivity index (χ3v) is 5.55. The molecule has 3 aromatic carbocycles. The fraction of sp³-hybridized carbons (Fsp3) is 0.120. The zero-order valence-corrected chi connectivity index (χ0v) is 20.4. The molecule has 0 aliphatic carbocycles. The summed E-state index contributed by atoms with van der Waals surface area (Å²) in [6, 6.07) is 14.3. The van der Waals surface area contributed by atoms with Crippen LogP contribution in [0.2, 0.25) is 10.0 Å². The number of ether oxygens (including phenoxy) is 2. The van der Waals surface area contributed by atoms with Crippen molar-refractivity contribution in [3.05, 3.63) is 99.5 Å². The summed E-state index contributed by atoms with van der Waals surface area (Å²) in [6.45, 7) is 0. The Morgan fingerprint density at radius 2 is 1.26 bits per heavy atom. The van der Waals surface area contributed by atoms with Gasteiger partial charge in [0.1, 0.15) is 0 Å². The van der Waals surface area contributed by atoms with Gasteiger partial charge in [0.2, 0.25) is 12.2 Å². The van der Waals surface area contributed by atoms with Crippen LogP contribution in [0, 0.1) is 0 Å². The quantitative estimate of drug-likeness (QED) is 0.344. The molecule has 8 nitrogen and oxygen atoms in total. The van der Waals surface area contributed by atoms with E-state index < -0.39 is 53.5 Å². The second-order valence-electron chi connectivity index (χ2n) is 7.52.